The minimum absolute atomic E-state index is 0.169. The molecule has 0 amide bonds. The van der Waals surface area contributed by atoms with Gasteiger partial charge in [-0.1, -0.05) is 12.5 Å². The third kappa shape index (κ3) is 2.82. The molecular formula is C16H23N3O2. The molecule has 2 bridgehead atoms. The summed E-state index contributed by atoms with van der Waals surface area (Å²) in [6, 6.07) is 5.45. The Hall–Kier alpha value is -1.78. The maximum Gasteiger partial charge on any atom is 0.315 e. The predicted octanol–water partition coefficient (Wildman–Crippen LogP) is 3.87. The zero-order valence-electron chi connectivity index (χ0n) is 12.5. The van der Waals surface area contributed by atoms with Crippen LogP contribution in [-0.2, 0) is 0 Å². The van der Waals surface area contributed by atoms with Crippen molar-refractivity contribution in [3.63, 3.8) is 0 Å². The molecule has 3 unspecified atom stereocenters. The number of nitrogens with zero attached hydrogens (tertiary/aromatic N) is 1. The van der Waals surface area contributed by atoms with Crippen LogP contribution in [-0.4, -0.2) is 18.0 Å². The molecule has 21 heavy (non-hydrogen) atoms. The Balaban J connectivity index is 1.72. The van der Waals surface area contributed by atoms with Crippen molar-refractivity contribution in [2.45, 2.75) is 32.6 Å². The lowest BCUT2D eigenvalue weighted by Gasteiger charge is -2.22. The molecule has 0 spiro atoms. The van der Waals surface area contributed by atoms with Crippen molar-refractivity contribution in [1.29, 1.82) is 0 Å². The van der Waals surface area contributed by atoms with E-state index in [2.05, 4.69) is 10.6 Å². The van der Waals surface area contributed by atoms with Gasteiger partial charge in [-0.3, -0.25) is 10.1 Å². The third-order valence-corrected chi connectivity index (χ3v) is 5.03. The van der Waals surface area contributed by atoms with E-state index in [0.717, 1.165) is 18.4 Å². The molecule has 114 valence electrons. The van der Waals surface area contributed by atoms with E-state index >= 15 is 0 Å². The summed E-state index contributed by atoms with van der Waals surface area (Å²) >= 11 is 0. The van der Waals surface area contributed by atoms with Gasteiger partial charge in [0.15, 0.2) is 0 Å². The Labute approximate surface area is 125 Å². The van der Waals surface area contributed by atoms with E-state index in [1.54, 1.807) is 6.07 Å². The van der Waals surface area contributed by atoms with Crippen molar-refractivity contribution in [2.24, 2.45) is 17.8 Å². The molecular weight excluding hydrogens is 266 g/mol. The lowest BCUT2D eigenvalue weighted by atomic mass is 9.89. The number of para-hydroxylation sites is 1. The number of fused-ring (bicyclic) bond motifs is 2. The summed E-state index contributed by atoms with van der Waals surface area (Å²) in [6.07, 6.45) is 5.39. The fraction of sp³-hybridized carbons (Fsp3) is 0.625. The van der Waals surface area contributed by atoms with Gasteiger partial charge < -0.3 is 10.6 Å². The van der Waals surface area contributed by atoms with Crippen LogP contribution in [0.1, 0.15) is 32.6 Å². The van der Waals surface area contributed by atoms with E-state index in [-0.39, 0.29) is 10.6 Å². The minimum Gasteiger partial charge on any atom is -0.380 e. The van der Waals surface area contributed by atoms with Gasteiger partial charge in [0.1, 0.15) is 11.4 Å². The second kappa shape index (κ2) is 5.92. The highest BCUT2D eigenvalue weighted by atomic mass is 16.6. The highest BCUT2D eigenvalue weighted by molar-refractivity contribution is 5.76. The molecule has 2 aliphatic rings. The number of benzene rings is 1. The lowest BCUT2D eigenvalue weighted by molar-refractivity contribution is -0.383. The second-order valence-electron chi connectivity index (χ2n) is 6.31. The van der Waals surface area contributed by atoms with E-state index in [0.29, 0.717) is 23.8 Å². The number of rotatable bonds is 6. The smallest absolute Gasteiger partial charge is 0.315 e. The quantitative estimate of drug-likeness (QED) is 0.616. The molecule has 1 aromatic rings. The van der Waals surface area contributed by atoms with Gasteiger partial charge in [-0.15, -0.1) is 0 Å². The first-order chi connectivity index (χ1) is 10.2. The molecule has 2 aliphatic carbocycles. The topological polar surface area (TPSA) is 67.2 Å². The molecule has 5 nitrogen and oxygen atoms in total. The summed E-state index contributed by atoms with van der Waals surface area (Å²) < 4.78 is 0. The highest BCUT2D eigenvalue weighted by Crippen LogP contribution is 2.48. The Kier molecular flexibility index (Phi) is 3.99. The fourth-order valence-electron chi connectivity index (χ4n) is 4.08. The standard InChI is InChI=1S/C16H23N3O2/c1-2-17-14-4-3-5-15(16(14)19(20)21)18-10-13-9-11-6-7-12(13)8-11/h3-5,11-13,17-18H,2,6-10H2,1H3. The van der Waals surface area contributed by atoms with Gasteiger partial charge in [0.05, 0.1) is 4.92 Å². The van der Waals surface area contributed by atoms with Crippen LogP contribution in [0.5, 0.6) is 0 Å². The molecule has 0 aliphatic heterocycles. The van der Waals surface area contributed by atoms with E-state index in [1.807, 2.05) is 19.1 Å². The number of hydrogen-bond donors (Lipinski definition) is 2. The Morgan fingerprint density at radius 1 is 1.24 bits per heavy atom. The van der Waals surface area contributed by atoms with Crippen LogP contribution in [0.4, 0.5) is 17.1 Å². The molecule has 0 radical (unpaired) electrons. The number of anilines is 2. The first-order valence-corrected chi connectivity index (χ1v) is 7.94. The van der Waals surface area contributed by atoms with Crippen molar-refractivity contribution < 1.29 is 4.92 Å². The zero-order valence-corrected chi connectivity index (χ0v) is 12.5. The average Bonchev–Trinajstić information content (AvgIpc) is 3.07. The number of nitrogens with one attached hydrogen (secondary N) is 2. The second-order valence-corrected chi connectivity index (χ2v) is 6.31. The summed E-state index contributed by atoms with van der Waals surface area (Å²) in [4.78, 5) is 11.1. The van der Waals surface area contributed by atoms with Gasteiger partial charge in [0.25, 0.3) is 0 Å². The van der Waals surface area contributed by atoms with E-state index in [1.165, 1.54) is 25.7 Å². The van der Waals surface area contributed by atoms with E-state index in [9.17, 15) is 10.1 Å². The normalized spacial score (nSPS) is 26.8. The first kappa shape index (κ1) is 14.2. The number of nitro benzene ring substituents is 1. The minimum atomic E-state index is -0.291. The predicted molar refractivity (Wildman–Crippen MR) is 84.7 cm³/mol. The summed E-state index contributed by atoms with van der Waals surface area (Å²) in [5, 5.41) is 17.8. The van der Waals surface area contributed by atoms with Crippen LogP contribution in [0.25, 0.3) is 0 Å². The Bertz CT molecular complexity index is 532. The van der Waals surface area contributed by atoms with Crippen LogP contribution >= 0.6 is 0 Å². The molecule has 0 saturated heterocycles. The van der Waals surface area contributed by atoms with Crippen LogP contribution in [0.3, 0.4) is 0 Å². The largest absolute Gasteiger partial charge is 0.380 e. The number of hydrogen-bond acceptors (Lipinski definition) is 4. The summed E-state index contributed by atoms with van der Waals surface area (Å²) in [5.74, 6) is 2.43. The highest BCUT2D eigenvalue weighted by Gasteiger charge is 2.39. The zero-order chi connectivity index (χ0) is 14.8. The monoisotopic (exact) mass is 289 g/mol. The average molecular weight is 289 g/mol. The fourth-order valence-corrected chi connectivity index (χ4v) is 4.08. The van der Waals surface area contributed by atoms with E-state index < -0.39 is 0 Å². The van der Waals surface area contributed by atoms with Crippen LogP contribution in [0, 0.1) is 27.9 Å². The molecule has 0 heterocycles. The van der Waals surface area contributed by atoms with E-state index in [4.69, 9.17) is 0 Å². The van der Waals surface area contributed by atoms with Crippen molar-refractivity contribution in [3.05, 3.63) is 28.3 Å². The molecule has 5 heteroatoms. The van der Waals surface area contributed by atoms with Gasteiger partial charge in [-0.25, -0.2) is 0 Å². The molecule has 2 N–H and O–H groups in total. The maximum atomic E-state index is 11.4. The van der Waals surface area contributed by atoms with Crippen molar-refractivity contribution >= 4 is 17.1 Å². The van der Waals surface area contributed by atoms with Crippen molar-refractivity contribution in [2.75, 3.05) is 23.7 Å². The van der Waals surface area contributed by atoms with Crippen molar-refractivity contribution in [3.8, 4) is 0 Å². The molecule has 0 aromatic heterocycles. The molecule has 2 saturated carbocycles. The first-order valence-electron chi connectivity index (χ1n) is 7.94. The SMILES string of the molecule is CCNc1cccc(NCC2CC3CCC2C3)c1[N+](=O)[O-]. The Morgan fingerprint density at radius 2 is 2.00 bits per heavy atom. The summed E-state index contributed by atoms with van der Waals surface area (Å²) in [6.45, 7) is 3.48. The van der Waals surface area contributed by atoms with Gasteiger partial charge in [0.2, 0.25) is 0 Å². The van der Waals surface area contributed by atoms with Gasteiger partial charge in [0, 0.05) is 13.1 Å². The maximum absolute atomic E-state index is 11.4. The molecule has 3 rings (SSSR count). The third-order valence-electron chi connectivity index (χ3n) is 5.03. The lowest BCUT2D eigenvalue weighted by Crippen LogP contribution is -2.20. The number of nitro groups is 1. The van der Waals surface area contributed by atoms with Crippen LogP contribution in [0.2, 0.25) is 0 Å². The summed E-state index contributed by atoms with van der Waals surface area (Å²) in [7, 11) is 0. The molecule has 3 atom stereocenters. The van der Waals surface area contributed by atoms with Crippen molar-refractivity contribution in [1.82, 2.24) is 0 Å². The van der Waals surface area contributed by atoms with Gasteiger partial charge >= 0.3 is 5.69 Å². The Morgan fingerprint density at radius 3 is 2.57 bits per heavy atom. The van der Waals surface area contributed by atoms with Gasteiger partial charge in [-0.05, 0) is 56.1 Å². The van der Waals surface area contributed by atoms with Crippen LogP contribution in [0.15, 0.2) is 18.2 Å². The van der Waals surface area contributed by atoms with Gasteiger partial charge in [-0.2, -0.15) is 0 Å². The molecule has 1 aromatic carbocycles. The molecule has 2 fully saturated rings. The summed E-state index contributed by atoms with van der Waals surface area (Å²) in [5.41, 5.74) is 1.41. The van der Waals surface area contributed by atoms with Crippen LogP contribution < -0.4 is 10.6 Å².